The number of nitrogens with zero attached hydrogens (tertiary/aromatic N) is 1. The molecule has 1 aliphatic heterocycles. The number of likely N-dealkylation sites (tertiary alicyclic amines) is 1. The van der Waals surface area contributed by atoms with Crippen molar-refractivity contribution in [2.75, 3.05) is 31.6 Å². The number of primary amides is 1. The summed E-state index contributed by atoms with van der Waals surface area (Å²) < 4.78 is 0. The molecule has 2 heterocycles. The molecule has 1 saturated heterocycles. The summed E-state index contributed by atoms with van der Waals surface area (Å²) in [5.41, 5.74) is 12.8. The monoisotopic (exact) mass is 759 g/mol. The van der Waals surface area contributed by atoms with E-state index in [-0.39, 0.29) is 37.6 Å². The molecule has 3 rings (SSSR count). The van der Waals surface area contributed by atoms with E-state index in [4.69, 9.17) is 11.5 Å². The van der Waals surface area contributed by atoms with Crippen molar-refractivity contribution < 1.29 is 38.7 Å². The Hall–Kier alpha value is -4.68. The van der Waals surface area contributed by atoms with Crippen LogP contribution in [0.25, 0.3) is 10.9 Å². The zero-order valence-corrected chi connectivity index (χ0v) is 31.4. The molecule has 7 amide bonds. The molecule has 0 bridgehead atoms. The molecule has 0 unspecified atom stereocenters. The molecule has 6 atom stereocenters. The maximum absolute atomic E-state index is 13.4. The molecule has 2 aromatic rings. The topological polar surface area (TPSA) is 271 Å². The number of aliphatic hydroxyl groups excluding tert-OH is 1. The van der Waals surface area contributed by atoms with Crippen LogP contribution in [0.5, 0.6) is 0 Å². The lowest BCUT2D eigenvalue weighted by Gasteiger charge is -2.28. The van der Waals surface area contributed by atoms with Crippen molar-refractivity contribution in [3.63, 3.8) is 0 Å². The van der Waals surface area contributed by atoms with Crippen LogP contribution in [0.3, 0.4) is 0 Å². The lowest BCUT2D eigenvalue weighted by Crippen LogP contribution is -2.59. The molecule has 1 aromatic heterocycles. The normalized spacial score (nSPS) is 17.0. The van der Waals surface area contributed by atoms with Crippen LogP contribution in [0, 0.1) is 5.92 Å². The maximum Gasteiger partial charge on any atom is 0.245 e. The summed E-state index contributed by atoms with van der Waals surface area (Å²) in [7, 11) is 0. The number of hydrogen-bond acceptors (Lipinski definition) is 10. The largest absolute Gasteiger partial charge is 0.391 e. The second kappa shape index (κ2) is 20.5. The number of hydrogen-bond donors (Lipinski definition) is 9. The van der Waals surface area contributed by atoms with Crippen LogP contribution in [0.4, 0.5) is 0 Å². The smallest absolute Gasteiger partial charge is 0.245 e. The molecule has 18 heteroatoms. The number of amides is 7. The summed E-state index contributed by atoms with van der Waals surface area (Å²) in [4.78, 5) is 95.1. The quantitative estimate of drug-likeness (QED) is 0.0745. The van der Waals surface area contributed by atoms with Gasteiger partial charge in [-0.25, -0.2) is 0 Å². The zero-order chi connectivity index (χ0) is 39.2. The summed E-state index contributed by atoms with van der Waals surface area (Å²) in [6.45, 7) is 4.49. The fourth-order valence-electron chi connectivity index (χ4n) is 6.13. The van der Waals surface area contributed by atoms with Gasteiger partial charge in [0.05, 0.1) is 19.2 Å². The van der Waals surface area contributed by atoms with Crippen LogP contribution in [-0.4, -0.2) is 124 Å². The number of rotatable bonds is 20. The van der Waals surface area contributed by atoms with Crippen LogP contribution in [0.15, 0.2) is 30.5 Å². The van der Waals surface area contributed by atoms with E-state index in [9.17, 15) is 38.7 Å². The standard InChI is InChI=1S/C35H53N9O8S/c1-19(2)14-26(33(50)42-25(31(37)48)15-21-17-38-23-9-6-5-8-22(21)23)40-28(46)18-39-35(52)30(20(3)45)43-32(49)24(11-13-53-4)41-34(51)27-10-7-12-44(27)29(47)16-36/h5-6,8-9,17,19-20,24-27,30,38,45H,7,10-16,18,36H2,1-4H3,(H2,37,48)(H,39,52)(H,40,46)(H,41,51)(H,42,50)(H,43,49)/t20-,24+,25+,26+,27+,30+/m1/s1. The van der Waals surface area contributed by atoms with Crippen molar-refractivity contribution >= 4 is 64.0 Å². The first kappa shape index (κ1) is 42.7. The molecule has 53 heavy (non-hydrogen) atoms. The predicted octanol–water partition coefficient (Wildman–Crippen LogP) is -1.62. The van der Waals surface area contributed by atoms with Crippen molar-refractivity contribution in [1.82, 2.24) is 36.5 Å². The van der Waals surface area contributed by atoms with Crippen molar-refractivity contribution in [2.45, 2.75) is 89.2 Å². The van der Waals surface area contributed by atoms with Crippen LogP contribution in [0.2, 0.25) is 0 Å². The average Bonchev–Trinajstić information content (AvgIpc) is 3.78. The van der Waals surface area contributed by atoms with Crippen molar-refractivity contribution in [3.05, 3.63) is 36.0 Å². The highest BCUT2D eigenvalue weighted by molar-refractivity contribution is 7.98. The molecule has 0 aliphatic carbocycles. The Kier molecular flexibility index (Phi) is 16.6. The third-order valence-electron chi connectivity index (χ3n) is 8.90. The van der Waals surface area contributed by atoms with Crippen molar-refractivity contribution in [2.24, 2.45) is 17.4 Å². The van der Waals surface area contributed by atoms with Gasteiger partial charge in [-0.2, -0.15) is 11.8 Å². The number of nitrogens with two attached hydrogens (primary N) is 2. The second-order valence-corrected chi connectivity index (χ2v) is 14.5. The van der Waals surface area contributed by atoms with Crippen molar-refractivity contribution in [1.29, 1.82) is 0 Å². The SMILES string of the molecule is CSCC[C@H](NC(=O)[C@@H]1CCCN1C(=O)CN)C(=O)N[C@H](C(=O)NCC(=O)N[C@@H](CC(C)C)C(=O)N[C@@H](Cc1c[nH]c2ccccc12)C(N)=O)[C@@H](C)O. The molecule has 292 valence electrons. The van der Waals surface area contributed by atoms with E-state index in [1.54, 1.807) is 6.20 Å². The van der Waals surface area contributed by atoms with Crippen molar-refractivity contribution in [3.8, 4) is 0 Å². The number of carbonyl (C=O) groups excluding carboxylic acids is 7. The van der Waals surface area contributed by atoms with Gasteiger partial charge in [0, 0.05) is 30.1 Å². The number of carbonyl (C=O) groups is 7. The number of fused-ring (bicyclic) bond motifs is 1. The third kappa shape index (κ3) is 12.5. The number of H-pyrrole nitrogens is 1. The number of para-hydroxylation sites is 1. The van der Waals surface area contributed by atoms with E-state index >= 15 is 0 Å². The first-order chi connectivity index (χ1) is 25.2. The lowest BCUT2D eigenvalue weighted by molar-refractivity contribution is -0.139. The van der Waals surface area contributed by atoms with Crippen LogP contribution in [-0.2, 0) is 40.0 Å². The van der Waals surface area contributed by atoms with Gasteiger partial charge in [0.2, 0.25) is 41.4 Å². The van der Waals surface area contributed by atoms with Gasteiger partial charge in [-0.05, 0) is 62.2 Å². The molecule has 1 aromatic carbocycles. The van der Waals surface area contributed by atoms with Gasteiger partial charge in [0.25, 0.3) is 0 Å². The minimum absolute atomic E-state index is 0.0476. The van der Waals surface area contributed by atoms with E-state index in [1.165, 1.54) is 23.6 Å². The molecular formula is C35H53N9O8S. The summed E-state index contributed by atoms with van der Waals surface area (Å²) in [6.07, 6.45) is 3.70. The van der Waals surface area contributed by atoms with Gasteiger partial charge >= 0.3 is 0 Å². The fraction of sp³-hybridized carbons (Fsp3) is 0.571. The van der Waals surface area contributed by atoms with E-state index < -0.39 is 78.3 Å². The summed E-state index contributed by atoms with van der Waals surface area (Å²) in [5, 5.41) is 24.1. The average molecular weight is 760 g/mol. The minimum atomic E-state index is -1.50. The Morgan fingerprint density at radius 2 is 1.66 bits per heavy atom. The fourth-order valence-corrected chi connectivity index (χ4v) is 6.60. The number of benzene rings is 1. The molecule has 17 nitrogen and oxygen atoms in total. The van der Waals surface area contributed by atoms with E-state index in [0.717, 1.165) is 16.5 Å². The molecule has 0 radical (unpaired) electrons. The first-order valence-corrected chi connectivity index (χ1v) is 19.0. The first-order valence-electron chi connectivity index (χ1n) is 17.7. The van der Waals surface area contributed by atoms with Gasteiger partial charge in [0.1, 0.15) is 30.2 Å². The Labute approximate surface area is 312 Å². The van der Waals surface area contributed by atoms with Gasteiger partial charge in [-0.1, -0.05) is 32.0 Å². The molecular weight excluding hydrogens is 707 g/mol. The maximum atomic E-state index is 13.4. The van der Waals surface area contributed by atoms with Crippen LogP contribution >= 0.6 is 11.8 Å². The molecule has 1 fully saturated rings. The van der Waals surface area contributed by atoms with Crippen LogP contribution in [0.1, 0.15) is 52.0 Å². The highest BCUT2D eigenvalue weighted by atomic mass is 32.2. The Morgan fingerprint density at radius 1 is 0.962 bits per heavy atom. The summed E-state index contributed by atoms with van der Waals surface area (Å²) >= 11 is 1.44. The molecule has 0 spiro atoms. The number of nitrogens with one attached hydrogen (secondary N) is 6. The Morgan fingerprint density at radius 3 is 2.30 bits per heavy atom. The van der Waals surface area contributed by atoms with E-state index in [2.05, 4.69) is 31.6 Å². The highest BCUT2D eigenvalue weighted by Gasteiger charge is 2.36. The second-order valence-electron chi connectivity index (χ2n) is 13.5. The summed E-state index contributed by atoms with van der Waals surface area (Å²) in [6, 6.07) is 1.96. The molecule has 11 N–H and O–H groups in total. The number of thioether (sulfide) groups is 1. The van der Waals surface area contributed by atoms with Gasteiger partial charge in [-0.3, -0.25) is 33.6 Å². The lowest BCUT2D eigenvalue weighted by atomic mass is 10.0. The van der Waals surface area contributed by atoms with Gasteiger partial charge in [0.15, 0.2) is 0 Å². The van der Waals surface area contributed by atoms with E-state index in [1.807, 2.05) is 44.4 Å². The van der Waals surface area contributed by atoms with Gasteiger partial charge in [-0.15, -0.1) is 0 Å². The molecule has 0 saturated carbocycles. The Bertz CT molecular complexity index is 1620. The number of aliphatic hydroxyl groups is 1. The van der Waals surface area contributed by atoms with Crippen LogP contribution < -0.4 is 38.1 Å². The summed E-state index contributed by atoms with van der Waals surface area (Å²) in [5.74, 6) is -4.22. The van der Waals surface area contributed by atoms with Gasteiger partial charge < -0.3 is 53.0 Å². The minimum Gasteiger partial charge on any atom is -0.391 e. The number of aromatic nitrogens is 1. The van der Waals surface area contributed by atoms with E-state index in [0.29, 0.717) is 25.1 Å². The number of aromatic amines is 1. The predicted molar refractivity (Wildman–Crippen MR) is 200 cm³/mol. The highest BCUT2D eigenvalue weighted by Crippen LogP contribution is 2.20. The zero-order valence-electron chi connectivity index (χ0n) is 30.6. The molecule has 1 aliphatic rings. The third-order valence-corrected chi connectivity index (χ3v) is 9.54. The Balaban J connectivity index is 1.62.